The molecule has 0 radical (unpaired) electrons. The molecule has 2 amide bonds. The second kappa shape index (κ2) is 8.76. The summed E-state index contributed by atoms with van der Waals surface area (Å²) in [5.41, 5.74) is -0.0295. The summed E-state index contributed by atoms with van der Waals surface area (Å²) in [6.45, 7) is -0.654. The molecule has 0 spiro atoms. The minimum atomic E-state index is -1.26. The van der Waals surface area contributed by atoms with Gasteiger partial charge in [-0.05, 0) is 51.8 Å². The minimum Gasteiger partial charge on any atom is -0.480 e. The Bertz CT molecular complexity index is 918. The lowest BCUT2D eigenvalue weighted by Crippen LogP contribution is -2.37. The number of aliphatic carboxylic acids is 1. The van der Waals surface area contributed by atoms with E-state index in [1.807, 2.05) is 0 Å². The van der Waals surface area contributed by atoms with Crippen LogP contribution in [0.25, 0.3) is 6.08 Å². The van der Waals surface area contributed by atoms with Crippen molar-refractivity contribution >= 4 is 45.5 Å². The molecule has 2 aromatic rings. The molecule has 0 bridgehead atoms. The molecular weight excluding hydrogens is 426 g/mol. The maximum atomic E-state index is 12.2. The number of carboxylic acid groups (broad SMARTS) is 1. The number of amides is 2. The van der Waals surface area contributed by atoms with Crippen molar-refractivity contribution in [3.63, 3.8) is 0 Å². The Morgan fingerprint density at radius 1 is 1.19 bits per heavy atom. The molecule has 1 aromatic carbocycles. The average Bonchev–Trinajstić information content (AvgIpc) is 3.06. The van der Waals surface area contributed by atoms with E-state index in [9.17, 15) is 24.5 Å². The molecule has 0 aliphatic rings. The van der Waals surface area contributed by atoms with Gasteiger partial charge in [0, 0.05) is 12.1 Å². The number of rotatable bonds is 7. The van der Waals surface area contributed by atoms with Gasteiger partial charge in [-0.15, -0.1) is 0 Å². The summed E-state index contributed by atoms with van der Waals surface area (Å²) in [5, 5.41) is 23.8. The number of carboxylic acids is 1. The average molecular weight is 438 g/mol. The quantitative estimate of drug-likeness (QED) is 0.339. The Balaban J connectivity index is 2.27. The van der Waals surface area contributed by atoms with Crippen LogP contribution in [0.3, 0.4) is 0 Å². The fourth-order valence-electron chi connectivity index (χ4n) is 1.89. The SMILES string of the molecule is O=C(O)CNC(=O)C(=Cc1ccc([N+](=O)[O-])cc1)NC(=O)c1ccc(Br)o1. The molecule has 27 heavy (non-hydrogen) atoms. The van der Waals surface area contributed by atoms with Crippen molar-refractivity contribution in [2.24, 2.45) is 0 Å². The third-order valence-corrected chi connectivity index (χ3v) is 3.53. The topological polar surface area (TPSA) is 152 Å². The zero-order chi connectivity index (χ0) is 20.0. The molecule has 0 saturated carbocycles. The molecule has 2 rings (SSSR count). The van der Waals surface area contributed by atoms with Crippen molar-refractivity contribution in [1.29, 1.82) is 0 Å². The van der Waals surface area contributed by atoms with Crippen LogP contribution < -0.4 is 10.6 Å². The number of nitrogens with one attached hydrogen (secondary N) is 2. The van der Waals surface area contributed by atoms with Crippen LogP contribution in [0.4, 0.5) is 5.69 Å². The highest BCUT2D eigenvalue weighted by Gasteiger charge is 2.18. The summed E-state index contributed by atoms with van der Waals surface area (Å²) in [6.07, 6.45) is 1.25. The Hall–Kier alpha value is -3.47. The molecule has 3 N–H and O–H groups in total. The van der Waals surface area contributed by atoms with E-state index in [1.165, 1.54) is 42.5 Å². The summed E-state index contributed by atoms with van der Waals surface area (Å²) in [4.78, 5) is 45.1. The number of nitro benzene ring substituents is 1. The Kier molecular flexibility index (Phi) is 6.44. The smallest absolute Gasteiger partial charge is 0.322 e. The lowest BCUT2D eigenvalue weighted by Gasteiger charge is -2.09. The predicted molar refractivity (Wildman–Crippen MR) is 95.6 cm³/mol. The van der Waals surface area contributed by atoms with Crippen molar-refractivity contribution in [2.45, 2.75) is 0 Å². The third kappa shape index (κ3) is 5.78. The lowest BCUT2D eigenvalue weighted by molar-refractivity contribution is -0.384. The van der Waals surface area contributed by atoms with Crippen LogP contribution in [-0.2, 0) is 9.59 Å². The van der Waals surface area contributed by atoms with Gasteiger partial charge in [-0.2, -0.15) is 0 Å². The first kappa shape index (κ1) is 19.8. The number of carbonyl (C=O) groups excluding carboxylic acids is 2. The van der Waals surface area contributed by atoms with Crippen LogP contribution in [0.15, 0.2) is 51.2 Å². The molecule has 0 aliphatic carbocycles. The third-order valence-electron chi connectivity index (χ3n) is 3.10. The van der Waals surface area contributed by atoms with Crippen molar-refractivity contribution in [3.8, 4) is 0 Å². The van der Waals surface area contributed by atoms with Gasteiger partial charge < -0.3 is 20.2 Å². The summed E-state index contributed by atoms with van der Waals surface area (Å²) < 4.78 is 5.40. The maximum absolute atomic E-state index is 12.2. The summed E-state index contributed by atoms with van der Waals surface area (Å²) in [5.74, 6) is -2.93. The molecule has 0 unspecified atom stereocenters. The first-order chi connectivity index (χ1) is 12.8. The van der Waals surface area contributed by atoms with E-state index >= 15 is 0 Å². The number of carbonyl (C=O) groups is 3. The largest absolute Gasteiger partial charge is 0.480 e. The van der Waals surface area contributed by atoms with E-state index < -0.39 is 29.3 Å². The highest BCUT2D eigenvalue weighted by atomic mass is 79.9. The van der Waals surface area contributed by atoms with Crippen LogP contribution in [0.1, 0.15) is 16.1 Å². The molecular formula is C16H12BrN3O7. The number of non-ortho nitro benzene ring substituents is 1. The van der Waals surface area contributed by atoms with Crippen molar-refractivity contribution in [3.05, 3.63) is 68.2 Å². The number of furan rings is 1. The highest BCUT2D eigenvalue weighted by molar-refractivity contribution is 9.10. The van der Waals surface area contributed by atoms with Crippen LogP contribution in [0, 0.1) is 10.1 Å². The number of hydrogen-bond donors (Lipinski definition) is 3. The number of nitrogens with zero attached hydrogens (tertiary/aromatic N) is 1. The van der Waals surface area contributed by atoms with E-state index in [-0.39, 0.29) is 17.1 Å². The Morgan fingerprint density at radius 2 is 1.85 bits per heavy atom. The van der Waals surface area contributed by atoms with Gasteiger partial charge in [-0.25, -0.2) is 0 Å². The van der Waals surface area contributed by atoms with Crippen LogP contribution >= 0.6 is 15.9 Å². The zero-order valence-electron chi connectivity index (χ0n) is 13.5. The van der Waals surface area contributed by atoms with E-state index in [2.05, 4.69) is 26.6 Å². The van der Waals surface area contributed by atoms with Crippen molar-refractivity contribution in [2.75, 3.05) is 6.54 Å². The standard InChI is InChI=1S/C16H12BrN3O7/c17-13-6-5-12(27-13)16(24)19-11(15(23)18-8-14(21)22)7-9-1-3-10(4-2-9)20(25)26/h1-7H,8H2,(H,18,23)(H,19,24)(H,21,22). The van der Waals surface area contributed by atoms with E-state index in [4.69, 9.17) is 9.52 Å². The molecule has 1 aromatic heterocycles. The molecule has 11 heteroatoms. The van der Waals surface area contributed by atoms with Crippen LogP contribution in [-0.4, -0.2) is 34.4 Å². The minimum absolute atomic E-state index is 0.0810. The molecule has 140 valence electrons. The second-order valence-corrected chi connectivity index (χ2v) is 5.82. The number of nitro groups is 1. The summed E-state index contributed by atoms with van der Waals surface area (Å²) >= 11 is 3.05. The van der Waals surface area contributed by atoms with Gasteiger partial charge in [0.2, 0.25) is 0 Å². The molecule has 0 saturated heterocycles. The van der Waals surface area contributed by atoms with E-state index in [1.54, 1.807) is 0 Å². The van der Waals surface area contributed by atoms with Gasteiger partial charge in [-0.1, -0.05) is 0 Å². The van der Waals surface area contributed by atoms with Gasteiger partial charge in [0.25, 0.3) is 17.5 Å². The molecule has 0 aliphatic heterocycles. The molecule has 10 nitrogen and oxygen atoms in total. The van der Waals surface area contributed by atoms with E-state index in [0.717, 1.165) is 0 Å². The fraction of sp³-hybridized carbons (Fsp3) is 0.0625. The highest BCUT2D eigenvalue weighted by Crippen LogP contribution is 2.16. The van der Waals surface area contributed by atoms with Gasteiger partial charge in [0.05, 0.1) is 4.92 Å². The molecule has 1 heterocycles. The zero-order valence-corrected chi connectivity index (χ0v) is 15.1. The Morgan fingerprint density at radius 3 is 2.37 bits per heavy atom. The van der Waals surface area contributed by atoms with Gasteiger partial charge in [0.15, 0.2) is 10.4 Å². The summed E-state index contributed by atoms with van der Waals surface area (Å²) in [7, 11) is 0. The Labute approximate surface area is 160 Å². The van der Waals surface area contributed by atoms with Crippen molar-refractivity contribution < 1.29 is 28.8 Å². The number of hydrogen-bond acceptors (Lipinski definition) is 6. The van der Waals surface area contributed by atoms with Gasteiger partial charge >= 0.3 is 5.97 Å². The number of halogens is 1. The van der Waals surface area contributed by atoms with Gasteiger partial charge in [0.1, 0.15) is 12.2 Å². The second-order valence-electron chi connectivity index (χ2n) is 5.04. The van der Waals surface area contributed by atoms with Crippen molar-refractivity contribution in [1.82, 2.24) is 10.6 Å². The van der Waals surface area contributed by atoms with Crippen LogP contribution in [0.2, 0.25) is 0 Å². The normalized spacial score (nSPS) is 10.9. The maximum Gasteiger partial charge on any atom is 0.322 e. The van der Waals surface area contributed by atoms with Crippen LogP contribution in [0.5, 0.6) is 0 Å². The first-order valence-corrected chi connectivity index (χ1v) is 8.08. The monoisotopic (exact) mass is 437 g/mol. The molecule has 0 atom stereocenters. The molecule has 0 fully saturated rings. The predicted octanol–water partition coefficient (Wildman–Crippen LogP) is 1.92. The lowest BCUT2D eigenvalue weighted by atomic mass is 10.1. The first-order valence-electron chi connectivity index (χ1n) is 7.29. The fourth-order valence-corrected chi connectivity index (χ4v) is 2.20. The van der Waals surface area contributed by atoms with E-state index in [0.29, 0.717) is 10.2 Å². The van der Waals surface area contributed by atoms with Gasteiger partial charge in [-0.3, -0.25) is 24.5 Å². The summed E-state index contributed by atoms with van der Waals surface area (Å²) in [6, 6.07) is 8.06. The number of benzene rings is 1.